The molecule has 0 spiro atoms. The highest BCUT2D eigenvalue weighted by Gasteiger charge is 2.30. The van der Waals surface area contributed by atoms with Crippen LogP contribution in [0.1, 0.15) is 5.69 Å². The smallest absolute Gasteiger partial charge is 0.259 e. The fourth-order valence-corrected chi connectivity index (χ4v) is 0.835. The van der Waals surface area contributed by atoms with Gasteiger partial charge in [0.25, 0.3) is 0 Å². The van der Waals surface area contributed by atoms with Crippen LogP contribution in [0.2, 0.25) is 5.02 Å². The normalized spacial score (nSPS) is 11.7. The van der Waals surface area contributed by atoms with Gasteiger partial charge in [-0.25, -0.2) is 0 Å². The van der Waals surface area contributed by atoms with Gasteiger partial charge in [0.1, 0.15) is 6.42 Å². The van der Waals surface area contributed by atoms with Crippen molar-refractivity contribution in [3.05, 3.63) is 35.5 Å². The first-order valence-corrected chi connectivity index (χ1v) is 3.40. The van der Waals surface area contributed by atoms with Gasteiger partial charge in [0.05, 0.1) is 10.7 Å². The van der Waals surface area contributed by atoms with Crippen LogP contribution < -0.4 is 0 Å². The Kier molecular flexibility index (Phi) is 2.57. The summed E-state index contributed by atoms with van der Waals surface area (Å²) in [5.41, 5.74) is -0.258. The van der Waals surface area contributed by atoms with Gasteiger partial charge >= 0.3 is 6.18 Å². The summed E-state index contributed by atoms with van der Waals surface area (Å²) in [7, 11) is 0. The van der Waals surface area contributed by atoms with Crippen molar-refractivity contribution >= 4 is 11.6 Å². The average Bonchev–Trinajstić information content (AvgIpc) is 1.91. The van der Waals surface area contributed by atoms with Crippen molar-refractivity contribution in [2.24, 2.45) is 0 Å². The lowest BCUT2D eigenvalue weighted by Gasteiger charge is -2.05. The van der Waals surface area contributed by atoms with Crippen molar-refractivity contribution in [2.45, 2.75) is 6.18 Å². The van der Waals surface area contributed by atoms with E-state index in [9.17, 15) is 13.2 Å². The molecule has 1 rings (SSSR count). The van der Waals surface area contributed by atoms with Crippen LogP contribution in [-0.2, 0) is 0 Å². The van der Waals surface area contributed by atoms with Gasteiger partial charge in [0, 0.05) is 6.20 Å². The highest BCUT2D eigenvalue weighted by Crippen LogP contribution is 2.25. The molecule has 0 aliphatic heterocycles. The number of alkyl halides is 3. The SMILES string of the molecule is FC(F)(F)[CH]c1ncccc1Cl. The Hall–Kier alpha value is -0.770. The Morgan fingerprint density at radius 1 is 1.42 bits per heavy atom. The Morgan fingerprint density at radius 3 is 2.58 bits per heavy atom. The molecule has 0 unspecified atom stereocenters. The second-order valence-electron chi connectivity index (χ2n) is 2.06. The third-order valence-electron chi connectivity index (χ3n) is 1.09. The Morgan fingerprint density at radius 2 is 2.08 bits per heavy atom. The van der Waals surface area contributed by atoms with Crippen LogP contribution in [0.3, 0.4) is 0 Å². The second-order valence-corrected chi connectivity index (χ2v) is 2.46. The summed E-state index contributed by atoms with van der Waals surface area (Å²) in [5.74, 6) is 0. The van der Waals surface area contributed by atoms with E-state index in [0.717, 1.165) is 0 Å². The molecule has 0 aliphatic carbocycles. The van der Waals surface area contributed by atoms with E-state index in [-0.39, 0.29) is 17.1 Å². The molecule has 0 N–H and O–H groups in total. The maximum Gasteiger partial charge on any atom is 0.398 e. The third kappa shape index (κ3) is 2.70. The number of hydrogen-bond donors (Lipinski definition) is 0. The maximum atomic E-state index is 11.8. The molecule has 0 saturated heterocycles. The van der Waals surface area contributed by atoms with E-state index >= 15 is 0 Å². The molecule has 0 fully saturated rings. The molecule has 0 aliphatic rings. The molecule has 1 aromatic heterocycles. The van der Waals surface area contributed by atoms with E-state index < -0.39 is 6.18 Å². The lowest BCUT2D eigenvalue weighted by Crippen LogP contribution is -2.10. The van der Waals surface area contributed by atoms with Crippen LogP contribution in [0, 0.1) is 6.42 Å². The van der Waals surface area contributed by atoms with Crippen molar-refractivity contribution in [1.29, 1.82) is 0 Å². The van der Waals surface area contributed by atoms with Gasteiger partial charge in [-0.05, 0) is 12.1 Å². The highest BCUT2D eigenvalue weighted by atomic mass is 35.5. The molecule has 0 atom stereocenters. The lowest BCUT2D eigenvalue weighted by molar-refractivity contribution is -0.0931. The number of rotatable bonds is 1. The van der Waals surface area contributed by atoms with Gasteiger partial charge in [0.2, 0.25) is 0 Å². The topological polar surface area (TPSA) is 12.9 Å². The molecule has 0 saturated carbocycles. The number of aromatic nitrogens is 1. The first kappa shape index (κ1) is 9.32. The quantitative estimate of drug-likeness (QED) is 0.670. The van der Waals surface area contributed by atoms with E-state index in [1.807, 2.05) is 0 Å². The molecule has 12 heavy (non-hydrogen) atoms. The fraction of sp³-hybridized carbons (Fsp3) is 0.143. The summed E-state index contributed by atoms with van der Waals surface area (Å²) in [6.07, 6.45) is -3.06. The van der Waals surface area contributed by atoms with Crippen molar-refractivity contribution in [3.8, 4) is 0 Å². The summed E-state index contributed by atoms with van der Waals surface area (Å²) in [5, 5.41) is -0.00479. The van der Waals surface area contributed by atoms with Crippen molar-refractivity contribution in [3.63, 3.8) is 0 Å². The molecule has 0 aromatic carbocycles. The minimum absolute atomic E-state index is 0.00479. The van der Waals surface area contributed by atoms with Crippen LogP contribution in [0.15, 0.2) is 18.3 Å². The zero-order chi connectivity index (χ0) is 9.19. The van der Waals surface area contributed by atoms with E-state index in [1.54, 1.807) is 0 Å². The minimum Gasteiger partial charge on any atom is -0.259 e. The predicted molar refractivity (Wildman–Crippen MR) is 38.7 cm³/mol. The number of pyridine rings is 1. The van der Waals surface area contributed by atoms with E-state index in [0.29, 0.717) is 0 Å². The molecular formula is C7H4ClF3N. The Labute approximate surface area is 72.2 Å². The molecule has 1 heterocycles. The largest absolute Gasteiger partial charge is 0.398 e. The molecule has 1 radical (unpaired) electrons. The monoisotopic (exact) mass is 194 g/mol. The van der Waals surface area contributed by atoms with Crippen LogP contribution >= 0.6 is 11.6 Å². The van der Waals surface area contributed by atoms with Crippen LogP contribution in [-0.4, -0.2) is 11.2 Å². The first-order valence-electron chi connectivity index (χ1n) is 3.02. The third-order valence-corrected chi connectivity index (χ3v) is 1.41. The lowest BCUT2D eigenvalue weighted by atomic mass is 10.3. The zero-order valence-electron chi connectivity index (χ0n) is 5.77. The maximum absolute atomic E-state index is 11.8. The molecular weight excluding hydrogens is 191 g/mol. The predicted octanol–water partition coefficient (Wildman–Crippen LogP) is 2.85. The number of hydrogen-bond acceptors (Lipinski definition) is 1. The summed E-state index contributed by atoms with van der Waals surface area (Å²) in [4.78, 5) is 3.46. The van der Waals surface area contributed by atoms with Crippen molar-refractivity contribution in [2.75, 3.05) is 0 Å². The summed E-state index contributed by atoms with van der Waals surface area (Å²) in [6.45, 7) is 0. The van der Waals surface area contributed by atoms with Gasteiger partial charge in [-0.15, -0.1) is 0 Å². The van der Waals surface area contributed by atoms with Gasteiger partial charge in [-0.3, -0.25) is 4.98 Å². The first-order chi connectivity index (χ1) is 5.49. The van der Waals surface area contributed by atoms with Gasteiger partial charge in [0.15, 0.2) is 0 Å². The fourth-order valence-electron chi connectivity index (χ4n) is 0.659. The Balaban J connectivity index is 2.83. The molecule has 0 bridgehead atoms. The van der Waals surface area contributed by atoms with Gasteiger partial charge in [-0.2, -0.15) is 13.2 Å². The van der Waals surface area contributed by atoms with Crippen LogP contribution in [0.5, 0.6) is 0 Å². The van der Waals surface area contributed by atoms with Crippen molar-refractivity contribution in [1.82, 2.24) is 4.98 Å². The molecule has 0 amide bonds. The highest BCUT2D eigenvalue weighted by molar-refractivity contribution is 6.31. The van der Waals surface area contributed by atoms with Crippen molar-refractivity contribution < 1.29 is 13.2 Å². The van der Waals surface area contributed by atoms with Gasteiger partial charge < -0.3 is 0 Å². The molecule has 1 aromatic rings. The van der Waals surface area contributed by atoms with Gasteiger partial charge in [-0.1, -0.05) is 11.6 Å². The minimum atomic E-state index is -4.38. The zero-order valence-corrected chi connectivity index (χ0v) is 6.52. The summed E-state index contributed by atoms with van der Waals surface area (Å²) >= 11 is 5.44. The number of halogens is 4. The van der Waals surface area contributed by atoms with E-state index in [4.69, 9.17) is 11.6 Å². The van der Waals surface area contributed by atoms with E-state index in [1.165, 1.54) is 18.3 Å². The van der Waals surface area contributed by atoms with E-state index in [2.05, 4.69) is 4.98 Å². The standard InChI is InChI=1S/C7H4ClF3N/c8-5-2-1-3-12-6(5)4-7(9,10)11/h1-4H. The van der Waals surface area contributed by atoms with Crippen LogP contribution in [0.25, 0.3) is 0 Å². The summed E-state index contributed by atoms with van der Waals surface area (Å²) in [6, 6.07) is 2.82. The van der Waals surface area contributed by atoms with Crippen LogP contribution in [0.4, 0.5) is 13.2 Å². The molecule has 65 valence electrons. The second kappa shape index (κ2) is 3.31. The average molecular weight is 195 g/mol. The molecule has 1 nitrogen and oxygen atoms in total. The molecule has 5 heteroatoms. The summed E-state index contributed by atoms with van der Waals surface area (Å²) < 4.78 is 35.3. The Bertz CT molecular complexity index is 272. The number of nitrogens with zero attached hydrogens (tertiary/aromatic N) is 1.